The number of amides is 1. The Balaban J connectivity index is 2.06. The van der Waals surface area contributed by atoms with Gasteiger partial charge in [-0.25, -0.2) is 0 Å². The summed E-state index contributed by atoms with van der Waals surface area (Å²) in [5.74, 6) is -0.266. The predicted octanol–water partition coefficient (Wildman–Crippen LogP) is 2.35. The number of benzene rings is 1. The van der Waals surface area contributed by atoms with Gasteiger partial charge in [-0.1, -0.05) is 44.2 Å². The molecule has 0 aliphatic heterocycles. The zero-order valence-corrected chi connectivity index (χ0v) is 15.4. The number of aryl methyl sites for hydroxylation is 1. The van der Waals surface area contributed by atoms with Crippen molar-refractivity contribution in [1.29, 1.82) is 0 Å². The first-order valence-electron chi connectivity index (χ1n) is 8.77. The van der Waals surface area contributed by atoms with Crippen LogP contribution < -0.4 is 16.2 Å². The van der Waals surface area contributed by atoms with Crippen molar-refractivity contribution in [3.63, 3.8) is 0 Å². The Morgan fingerprint density at radius 1 is 1.24 bits per heavy atom. The van der Waals surface area contributed by atoms with E-state index in [1.54, 1.807) is 7.05 Å². The lowest BCUT2D eigenvalue weighted by Gasteiger charge is -2.36. The molecule has 136 valence electrons. The van der Waals surface area contributed by atoms with Crippen molar-refractivity contribution >= 4 is 5.91 Å². The topological polar surface area (TPSA) is 78.9 Å². The number of nitrogens with one attached hydrogen (secondary N) is 3. The van der Waals surface area contributed by atoms with Gasteiger partial charge < -0.3 is 10.6 Å². The van der Waals surface area contributed by atoms with Crippen molar-refractivity contribution in [1.82, 2.24) is 20.4 Å². The van der Waals surface area contributed by atoms with Crippen molar-refractivity contribution in [2.75, 3.05) is 6.54 Å². The fraction of sp³-hybridized carbons (Fsp3) is 0.474. The highest BCUT2D eigenvalue weighted by atomic mass is 16.2. The molecular weight excluding hydrogens is 316 g/mol. The second-order valence-electron chi connectivity index (χ2n) is 6.51. The quantitative estimate of drug-likeness (QED) is 0.688. The monoisotopic (exact) mass is 344 g/mol. The number of nitrogens with zero attached hydrogens (tertiary/aromatic N) is 1. The molecule has 1 heterocycles. The van der Waals surface area contributed by atoms with Gasteiger partial charge in [-0.15, -0.1) is 0 Å². The largest absolute Gasteiger partial charge is 0.349 e. The normalized spacial score (nSPS) is 12.8. The number of hydrogen-bond donors (Lipinski definition) is 3. The van der Waals surface area contributed by atoms with Crippen LogP contribution in [0.25, 0.3) is 0 Å². The minimum atomic E-state index is -0.266. The summed E-state index contributed by atoms with van der Waals surface area (Å²) in [5.41, 5.74) is 1.07. The molecule has 3 N–H and O–H groups in total. The molecule has 0 saturated carbocycles. The number of aromatic amines is 1. The second kappa shape index (κ2) is 8.16. The number of H-pyrrole nitrogens is 1. The molecule has 1 aromatic carbocycles. The van der Waals surface area contributed by atoms with Crippen molar-refractivity contribution < 1.29 is 4.79 Å². The highest BCUT2D eigenvalue weighted by Gasteiger charge is 2.29. The van der Waals surface area contributed by atoms with E-state index in [0.717, 1.165) is 12.8 Å². The van der Waals surface area contributed by atoms with Crippen molar-refractivity contribution in [2.24, 2.45) is 7.05 Å². The molecule has 1 amide bonds. The van der Waals surface area contributed by atoms with Crippen molar-refractivity contribution in [2.45, 2.75) is 45.2 Å². The molecule has 0 saturated heterocycles. The van der Waals surface area contributed by atoms with E-state index in [1.807, 2.05) is 18.2 Å². The van der Waals surface area contributed by atoms with Crippen LogP contribution in [0.3, 0.4) is 0 Å². The molecule has 0 bridgehead atoms. The van der Waals surface area contributed by atoms with Crippen LogP contribution in [-0.2, 0) is 7.05 Å². The molecule has 1 aromatic heterocycles. The van der Waals surface area contributed by atoms with Crippen LogP contribution in [0.2, 0.25) is 0 Å². The van der Waals surface area contributed by atoms with Gasteiger partial charge in [0.2, 0.25) is 0 Å². The van der Waals surface area contributed by atoms with Gasteiger partial charge in [0.15, 0.2) is 0 Å². The summed E-state index contributed by atoms with van der Waals surface area (Å²) in [7, 11) is 1.59. The van der Waals surface area contributed by atoms with E-state index in [0.29, 0.717) is 6.54 Å². The molecule has 6 heteroatoms. The SMILES string of the molecule is CCC(CC)(CNC(=O)c1cc(=O)n(C)[nH]1)NC(C)c1ccccc1. The Morgan fingerprint density at radius 2 is 1.88 bits per heavy atom. The highest BCUT2D eigenvalue weighted by molar-refractivity contribution is 5.92. The number of hydrogen-bond acceptors (Lipinski definition) is 3. The molecule has 6 nitrogen and oxygen atoms in total. The molecule has 2 rings (SSSR count). The minimum Gasteiger partial charge on any atom is -0.349 e. The summed E-state index contributed by atoms with van der Waals surface area (Å²) in [6.45, 7) is 6.86. The number of carbonyl (C=O) groups is 1. The maximum atomic E-state index is 12.3. The van der Waals surface area contributed by atoms with Crippen LogP contribution in [0.1, 0.15) is 55.7 Å². The Morgan fingerprint density at radius 3 is 2.40 bits per heavy atom. The highest BCUT2D eigenvalue weighted by Crippen LogP contribution is 2.21. The first-order chi connectivity index (χ1) is 11.9. The van der Waals surface area contributed by atoms with E-state index in [-0.39, 0.29) is 28.7 Å². The summed E-state index contributed by atoms with van der Waals surface area (Å²) in [6, 6.07) is 11.7. The van der Waals surface area contributed by atoms with Crippen LogP contribution in [0.5, 0.6) is 0 Å². The van der Waals surface area contributed by atoms with Crippen LogP contribution in [0.15, 0.2) is 41.2 Å². The van der Waals surface area contributed by atoms with Crippen LogP contribution >= 0.6 is 0 Å². The van der Waals surface area contributed by atoms with Gasteiger partial charge >= 0.3 is 0 Å². The smallest absolute Gasteiger partial charge is 0.269 e. The van der Waals surface area contributed by atoms with Crippen LogP contribution in [-0.4, -0.2) is 27.8 Å². The third kappa shape index (κ3) is 4.60. The molecule has 0 radical (unpaired) electrons. The maximum Gasteiger partial charge on any atom is 0.269 e. The lowest BCUT2D eigenvalue weighted by Crippen LogP contribution is -2.53. The van der Waals surface area contributed by atoms with Gasteiger partial charge in [-0.05, 0) is 25.3 Å². The molecular formula is C19H28N4O2. The molecule has 1 unspecified atom stereocenters. The maximum absolute atomic E-state index is 12.3. The lowest BCUT2D eigenvalue weighted by atomic mass is 9.90. The molecule has 0 aliphatic carbocycles. The third-order valence-electron chi connectivity index (χ3n) is 4.89. The molecule has 25 heavy (non-hydrogen) atoms. The van der Waals surface area contributed by atoms with E-state index >= 15 is 0 Å². The molecule has 0 fully saturated rings. The summed E-state index contributed by atoms with van der Waals surface area (Å²) < 4.78 is 1.29. The molecule has 1 atom stereocenters. The van der Waals surface area contributed by atoms with Crippen LogP contribution in [0.4, 0.5) is 0 Å². The third-order valence-corrected chi connectivity index (χ3v) is 4.89. The van der Waals surface area contributed by atoms with E-state index in [9.17, 15) is 9.59 Å². The summed E-state index contributed by atoms with van der Waals surface area (Å²) >= 11 is 0. The Hall–Kier alpha value is -2.34. The fourth-order valence-electron chi connectivity index (χ4n) is 2.99. The molecule has 0 spiro atoms. The van der Waals surface area contributed by atoms with Gasteiger partial charge in [0.25, 0.3) is 11.5 Å². The first kappa shape index (κ1) is 19.0. The van der Waals surface area contributed by atoms with E-state index < -0.39 is 0 Å². The van der Waals surface area contributed by atoms with Gasteiger partial charge in [-0.2, -0.15) is 0 Å². The van der Waals surface area contributed by atoms with Gasteiger partial charge in [0, 0.05) is 31.2 Å². The van der Waals surface area contributed by atoms with Crippen molar-refractivity contribution in [3.8, 4) is 0 Å². The van der Waals surface area contributed by atoms with E-state index in [4.69, 9.17) is 0 Å². The fourth-order valence-corrected chi connectivity index (χ4v) is 2.99. The average Bonchev–Trinajstić information content (AvgIpc) is 2.98. The number of rotatable bonds is 8. The second-order valence-corrected chi connectivity index (χ2v) is 6.51. The summed E-state index contributed by atoms with van der Waals surface area (Å²) in [4.78, 5) is 23.8. The van der Waals surface area contributed by atoms with Gasteiger partial charge in [-0.3, -0.25) is 19.4 Å². The standard InChI is InChI=1S/C19H28N4O2/c1-5-19(6-2,21-14(3)15-10-8-7-9-11-15)13-20-18(25)16-12-17(24)23(4)22-16/h7-12,14,21-22H,5-6,13H2,1-4H3,(H,20,25). The number of carbonyl (C=O) groups excluding carboxylic acids is 1. The summed E-state index contributed by atoms with van der Waals surface area (Å²) in [6.07, 6.45) is 1.76. The lowest BCUT2D eigenvalue weighted by molar-refractivity contribution is 0.0928. The zero-order valence-electron chi connectivity index (χ0n) is 15.4. The molecule has 0 aliphatic rings. The van der Waals surface area contributed by atoms with Crippen LogP contribution in [0, 0.1) is 0 Å². The zero-order chi connectivity index (χ0) is 18.4. The van der Waals surface area contributed by atoms with Gasteiger partial charge in [0.1, 0.15) is 5.69 Å². The van der Waals surface area contributed by atoms with E-state index in [1.165, 1.54) is 16.3 Å². The molecule has 2 aromatic rings. The Labute approximate surface area is 148 Å². The minimum absolute atomic E-state index is 0.175. The Bertz CT molecular complexity index is 744. The van der Waals surface area contributed by atoms with E-state index in [2.05, 4.69) is 48.6 Å². The predicted molar refractivity (Wildman–Crippen MR) is 99.7 cm³/mol. The summed E-state index contributed by atoms with van der Waals surface area (Å²) in [5, 5.41) is 9.39. The first-order valence-corrected chi connectivity index (χ1v) is 8.77. The average molecular weight is 344 g/mol. The Kier molecular flexibility index (Phi) is 6.20. The van der Waals surface area contributed by atoms with Gasteiger partial charge in [0.05, 0.1) is 0 Å². The number of aromatic nitrogens is 2. The van der Waals surface area contributed by atoms with Crippen molar-refractivity contribution in [3.05, 3.63) is 58.0 Å².